The summed E-state index contributed by atoms with van der Waals surface area (Å²) >= 11 is 0. The van der Waals surface area contributed by atoms with Crippen molar-refractivity contribution in [2.45, 2.75) is 39.7 Å². The molecule has 0 aliphatic carbocycles. The molecule has 0 saturated carbocycles. The van der Waals surface area contributed by atoms with Crippen molar-refractivity contribution in [3.05, 3.63) is 33.7 Å². The molecule has 0 spiro atoms. The lowest BCUT2D eigenvalue weighted by Crippen LogP contribution is -2.26. The fourth-order valence-electron chi connectivity index (χ4n) is 1.64. The van der Waals surface area contributed by atoms with Crippen molar-refractivity contribution in [3.8, 4) is 6.07 Å². The smallest absolute Gasteiger partial charge is 0.268 e. The highest BCUT2D eigenvalue weighted by atomic mass is 16.1. The largest absolute Gasteiger partial charge is 0.311 e. The Labute approximate surface area is 90.0 Å². The van der Waals surface area contributed by atoms with E-state index in [1.165, 1.54) is 0 Å². The minimum absolute atomic E-state index is 0.162. The maximum absolute atomic E-state index is 11.9. The van der Waals surface area contributed by atoms with Crippen molar-refractivity contribution in [3.63, 3.8) is 0 Å². The summed E-state index contributed by atoms with van der Waals surface area (Å²) in [4.78, 5) is 11.9. The fourth-order valence-corrected chi connectivity index (χ4v) is 1.64. The first-order chi connectivity index (χ1) is 7.11. The van der Waals surface area contributed by atoms with E-state index in [-0.39, 0.29) is 11.1 Å². The second-order valence-corrected chi connectivity index (χ2v) is 3.90. The van der Waals surface area contributed by atoms with Crippen LogP contribution < -0.4 is 5.56 Å². The average molecular weight is 204 g/mol. The molecule has 0 N–H and O–H groups in total. The van der Waals surface area contributed by atoms with E-state index in [1.807, 2.05) is 32.9 Å². The standard InChI is InChI=1S/C12H16N2O/c1-4-7-14-11(9(2)3)6-5-10(8-13)12(14)15/h5-6,9H,4,7H2,1-3H3. The van der Waals surface area contributed by atoms with Gasteiger partial charge in [0.2, 0.25) is 0 Å². The fraction of sp³-hybridized carbons (Fsp3) is 0.500. The molecule has 0 saturated heterocycles. The van der Waals surface area contributed by atoms with Gasteiger partial charge in [0.15, 0.2) is 0 Å². The van der Waals surface area contributed by atoms with Gasteiger partial charge in [0.25, 0.3) is 5.56 Å². The summed E-state index contributed by atoms with van der Waals surface area (Å²) < 4.78 is 1.71. The SMILES string of the molecule is CCCn1c(C(C)C)ccc(C#N)c1=O. The van der Waals surface area contributed by atoms with Gasteiger partial charge in [0, 0.05) is 12.2 Å². The third-order valence-electron chi connectivity index (χ3n) is 2.37. The molecular formula is C12H16N2O. The molecule has 0 unspecified atom stereocenters. The van der Waals surface area contributed by atoms with Crippen LogP contribution in [0.5, 0.6) is 0 Å². The van der Waals surface area contributed by atoms with E-state index < -0.39 is 0 Å². The van der Waals surface area contributed by atoms with Gasteiger partial charge in [0.05, 0.1) is 0 Å². The Morgan fingerprint density at radius 3 is 2.60 bits per heavy atom. The molecule has 1 heterocycles. The first-order valence-corrected chi connectivity index (χ1v) is 5.25. The molecule has 0 aromatic carbocycles. The van der Waals surface area contributed by atoms with E-state index >= 15 is 0 Å². The van der Waals surface area contributed by atoms with Crippen LogP contribution in [0.3, 0.4) is 0 Å². The zero-order chi connectivity index (χ0) is 11.4. The van der Waals surface area contributed by atoms with Crippen LogP contribution in [-0.4, -0.2) is 4.57 Å². The molecule has 0 atom stereocenters. The van der Waals surface area contributed by atoms with E-state index in [0.29, 0.717) is 12.5 Å². The maximum atomic E-state index is 11.9. The Kier molecular flexibility index (Phi) is 3.68. The van der Waals surface area contributed by atoms with Crippen molar-refractivity contribution in [1.29, 1.82) is 5.26 Å². The first kappa shape index (κ1) is 11.5. The molecule has 1 rings (SSSR count). The lowest BCUT2D eigenvalue weighted by Gasteiger charge is -2.14. The van der Waals surface area contributed by atoms with Crippen molar-refractivity contribution >= 4 is 0 Å². The number of aromatic nitrogens is 1. The Morgan fingerprint density at radius 1 is 1.47 bits per heavy atom. The summed E-state index contributed by atoms with van der Waals surface area (Å²) in [5.41, 5.74) is 1.07. The Bertz CT molecular complexity index is 438. The molecule has 0 aliphatic rings. The van der Waals surface area contributed by atoms with Gasteiger partial charge in [-0.2, -0.15) is 5.26 Å². The molecule has 1 aromatic rings. The van der Waals surface area contributed by atoms with Crippen molar-refractivity contribution in [1.82, 2.24) is 4.57 Å². The molecule has 0 radical (unpaired) electrons. The summed E-state index contributed by atoms with van der Waals surface area (Å²) in [6.45, 7) is 6.80. The monoisotopic (exact) mass is 204 g/mol. The van der Waals surface area contributed by atoms with Crippen LogP contribution in [0.4, 0.5) is 0 Å². The highest BCUT2D eigenvalue weighted by Crippen LogP contribution is 2.13. The number of nitriles is 1. The van der Waals surface area contributed by atoms with Crippen molar-refractivity contribution in [2.24, 2.45) is 0 Å². The highest BCUT2D eigenvalue weighted by Gasteiger charge is 2.10. The summed E-state index contributed by atoms with van der Waals surface area (Å²) in [5, 5.41) is 8.78. The molecule has 15 heavy (non-hydrogen) atoms. The van der Waals surface area contributed by atoms with Gasteiger partial charge in [-0.3, -0.25) is 4.79 Å². The number of hydrogen-bond acceptors (Lipinski definition) is 2. The quantitative estimate of drug-likeness (QED) is 0.758. The molecule has 3 nitrogen and oxygen atoms in total. The molecule has 1 aromatic heterocycles. The molecule has 3 heteroatoms. The second kappa shape index (κ2) is 4.79. The zero-order valence-electron chi connectivity index (χ0n) is 9.45. The predicted molar refractivity (Wildman–Crippen MR) is 59.8 cm³/mol. The van der Waals surface area contributed by atoms with E-state index in [1.54, 1.807) is 10.6 Å². The van der Waals surface area contributed by atoms with Gasteiger partial charge in [0.1, 0.15) is 11.6 Å². The van der Waals surface area contributed by atoms with E-state index in [0.717, 1.165) is 12.1 Å². The van der Waals surface area contributed by atoms with Gasteiger partial charge < -0.3 is 4.57 Å². The Hall–Kier alpha value is -1.56. The van der Waals surface area contributed by atoms with Gasteiger partial charge in [-0.05, 0) is 24.5 Å². The molecule has 80 valence electrons. The van der Waals surface area contributed by atoms with Crippen LogP contribution >= 0.6 is 0 Å². The molecule has 0 aliphatic heterocycles. The summed E-state index contributed by atoms with van der Waals surface area (Å²) in [6.07, 6.45) is 0.897. The summed E-state index contributed by atoms with van der Waals surface area (Å²) in [5.74, 6) is 0.303. The van der Waals surface area contributed by atoms with Crippen LogP contribution in [0.15, 0.2) is 16.9 Å². The Morgan fingerprint density at radius 2 is 2.13 bits per heavy atom. The van der Waals surface area contributed by atoms with Crippen molar-refractivity contribution in [2.75, 3.05) is 0 Å². The lowest BCUT2D eigenvalue weighted by molar-refractivity contribution is 0.595. The summed E-state index contributed by atoms with van der Waals surface area (Å²) in [6, 6.07) is 5.42. The number of pyridine rings is 1. The third-order valence-corrected chi connectivity index (χ3v) is 2.37. The van der Waals surface area contributed by atoms with Gasteiger partial charge >= 0.3 is 0 Å². The Balaban J connectivity index is 3.39. The molecule has 0 fully saturated rings. The number of rotatable bonds is 3. The molecule has 0 amide bonds. The average Bonchev–Trinajstić information content (AvgIpc) is 2.20. The van der Waals surface area contributed by atoms with Crippen LogP contribution in [0.1, 0.15) is 44.4 Å². The van der Waals surface area contributed by atoms with Crippen molar-refractivity contribution < 1.29 is 0 Å². The van der Waals surface area contributed by atoms with E-state index in [4.69, 9.17) is 5.26 Å². The molecular weight excluding hydrogens is 188 g/mol. The minimum atomic E-state index is -0.162. The number of hydrogen-bond donors (Lipinski definition) is 0. The van der Waals surface area contributed by atoms with E-state index in [9.17, 15) is 4.79 Å². The van der Waals surface area contributed by atoms with E-state index in [2.05, 4.69) is 0 Å². The lowest BCUT2D eigenvalue weighted by atomic mass is 10.1. The minimum Gasteiger partial charge on any atom is -0.311 e. The van der Waals surface area contributed by atoms with Gasteiger partial charge in [-0.15, -0.1) is 0 Å². The first-order valence-electron chi connectivity index (χ1n) is 5.25. The maximum Gasteiger partial charge on any atom is 0.268 e. The third kappa shape index (κ3) is 2.27. The van der Waals surface area contributed by atoms with Crippen LogP contribution in [-0.2, 0) is 6.54 Å². The normalized spacial score (nSPS) is 10.3. The summed E-state index contributed by atoms with van der Waals surface area (Å²) in [7, 11) is 0. The van der Waals surface area contributed by atoms with Gasteiger partial charge in [-0.25, -0.2) is 0 Å². The van der Waals surface area contributed by atoms with Crippen LogP contribution in [0, 0.1) is 11.3 Å². The van der Waals surface area contributed by atoms with Gasteiger partial charge in [-0.1, -0.05) is 20.8 Å². The zero-order valence-corrected chi connectivity index (χ0v) is 9.45. The predicted octanol–water partition coefficient (Wildman–Crippen LogP) is 2.25. The van der Waals surface area contributed by atoms with Crippen LogP contribution in [0.2, 0.25) is 0 Å². The molecule has 0 bridgehead atoms. The van der Waals surface area contributed by atoms with Crippen LogP contribution in [0.25, 0.3) is 0 Å². The topological polar surface area (TPSA) is 45.8 Å². The highest BCUT2D eigenvalue weighted by molar-refractivity contribution is 5.28. The second-order valence-electron chi connectivity index (χ2n) is 3.90. The number of nitrogens with zero attached hydrogens (tertiary/aromatic N) is 2.